The minimum absolute atomic E-state index is 0.0486. The first-order valence-electron chi connectivity index (χ1n) is 9.04. The molecule has 0 unspecified atom stereocenters. The summed E-state index contributed by atoms with van der Waals surface area (Å²) in [7, 11) is 0. The number of aryl methyl sites for hydroxylation is 1. The summed E-state index contributed by atoms with van der Waals surface area (Å²) in [6.45, 7) is 6.09. The molecule has 1 saturated carbocycles. The highest BCUT2D eigenvalue weighted by molar-refractivity contribution is 5.90. The van der Waals surface area contributed by atoms with E-state index in [1.54, 1.807) is 0 Å². The zero-order chi connectivity index (χ0) is 17.2. The lowest BCUT2D eigenvalue weighted by Crippen LogP contribution is -2.63. The molecule has 1 saturated heterocycles. The number of para-hydroxylation sites is 1. The highest BCUT2D eigenvalue weighted by Gasteiger charge is 2.56. The highest BCUT2D eigenvalue weighted by atomic mass is 16.5. The third-order valence-corrected chi connectivity index (χ3v) is 5.73. The molecule has 2 fully saturated rings. The summed E-state index contributed by atoms with van der Waals surface area (Å²) >= 11 is 0. The van der Waals surface area contributed by atoms with Crippen LogP contribution in [0.2, 0.25) is 0 Å². The summed E-state index contributed by atoms with van der Waals surface area (Å²) in [5, 5.41) is 13.3. The summed E-state index contributed by atoms with van der Waals surface area (Å²) in [4.78, 5) is 14.4. The van der Waals surface area contributed by atoms with Crippen LogP contribution in [-0.2, 0) is 11.2 Å². The van der Waals surface area contributed by atoms with Crippen LogP contribution >= 0.6 is 0 Å². The van der Waals surface area contributed by atoms with Crippen molar-refractivity contribution in [2.24, 2.45) is 5.41 Å². The first kappa shape index (κ1) is 17.2. The van der Waals surface area contributed by atoms with E-state index < -0.39 is 0 Å². The van der Waals surface area contributed by atoms with Crippen molar-refractivity contribution in [3.63, 3.8) is 0 Å². The summed E-state index contributed by atoms with van der Waals surface area (Å²) < 4.78 is 5.78. The van der Waals surface area contributed by atoms with Crippen LogP contribution in [0.15, 0.2) is 24.3 Å². The largest absolute Gasteiger partial charge is 0.392 e. The minimum atomic E-state index is -0.292. The van der Waals surface area contributed by atoms with Crippen LogP contribution in [0.25, 0.3) is 0 Å². The average molecular weight is 332 g/mol. The van der Waals surface area contributed by atoms with Gasteiger partial charge in [0.15, 0.2) is 0 Å². The maximum Gasteiger partial charge on any atom is 0.321 e. The maximum atomic E-state index is 12.6. The SMILES string of the molecule is CCO[C@@H]1C[C@@H](O)C12CCN(C(=O)Nc1ccccc1CC)CC2. The van der Waals surface area contributed by atoms with E-state index in [1.165, 1.54) is 0 Å². The van der Waals surface area contributed by atoms with Crippen molar-refractivity contribution in [3.05, 3.63) is 29.8 Å². The van der Waals surface area contributed by atoms with Crippen LogP contribution in [0.4, 0.5) is 10.5 Å². The monoisotopic (exact) mass is 332 g/mol. The Kier molecular flexibility index (Phi) is 5.11. The Labute approximate surface area is 144 Å². The van der Waals surface area contributed by atoms with Crippen molar-refractivity contribution in [2.75, 3.05) is 25.0 Å². The summed E-state index contributed by atoms with van der Waals surface area (Å²) in [5.74, 6) is 0. The number of rotatable bonds is 4. The molecule has 2 amide bonds. The van der Waals surface area contributed by atoms with Crippen LogP contribution < -0.4 is 5.32 Å². The second kappa shape index (κ2) is 7.11. The van der Waals surface area contributed by atoms with Gasteiger partial charge in [0.25, 0.3) is 0 Å². The van der Waals surface area contributed by atoms with E-state index in [4.69, 9.17) is 4.74 Å². The Balaban J connectivity index is 1.59. The molecule has 1 aliphatic heterocycles. The van der Waals surface area contributed by atoms with Gasteiger partial charge in [0.2, 0.25) is 0 Å². The normalized spacial score (nSPS) is 25.4. The van der Waals surface area contributed by atoms with Gasteiger partial charge in [-0.3, -0.25) is 0 Å². The molecule has 1 spiro atoms. The summed E-state index contributed by atoms with van der Waals surface area (Å²) in [6.07, 6.45) is 3.08. The number of piperidine rings is 1. The van der Waals surface area contributed by atoms with Gasteiger partial charge < -0.3 is 20.1 Å². The van der Waals surface area contributed by atoms with Crippen LogP contribution in [0.5, 0.6) is 0 Å². The molecule has 132 valence electrons. The first-order chi connectivity index (χ1) is 11.6. The smallest absolute Gasteiger partial charge is 0.321 e. The van der Waals surface area contributed by atoms with Gasteiger partial charge in [0.1, 0.15) is 0 Å². The number of aliphatic hydroxyl groups excluding tert-OH is 1. The number of carbonyl (C=O) groups is 1. The number of aliphatic hydroxyl groups is 1. The fourth-order valence-corrected chi connectivity index (χ4v) is 4.09. The molecule has 0 aromatic heterocycles. The Morgan fingerprint density at radius 1 is 1.33 bits per heavy atom. The van der Waals surface area contributed by atoms with Gasteiger partial charge >= 0.3 is 6.03 Å². The van der Waals surface area contributed by atoms with Crippen LogP contribution in [0.3, 0.4) is 0 Å². The fourth-order valence-electron chi connectivity index (χ4n) is 4.09. The number of nitrogens with zero attached hydrogens (tertiary/aromatic N) is 1. The number of hydrogen-bond acceptors (Lipinski definition) is 3. The zero-order valence-corrected chi connectivity index (χ0v) is 14.6. The molecule has 0 radical (unpaired) electrons. The van der Waals surface area contributed by atoms with E-state index >= 15 is 0 Å². The van der Waals surface area contributed by atoms with Gasteiger partial charge in [0.05, 0.1) is 12.2 Å². The number of ether oxygens (including phenoxy) is 1. The van der Waals surface area contributed by atoms with Crippen molar-refractivity contribution in [1.82, 2.24) is 4.90 Å². The molecule has 24 heavy (non-hydrogen) atoms. The predicted molar refractivity (Wildman–Crippen MR) is 94.1 cm³/mol. The van der Waals surface area contributed by atoms with Crippen molar-refractivity contribution in [1.29, 1.82) is 0 Å². The Morgan fingerprint density at radius 3 is 2.67 bits per heavy atom. The van der Waals surface area contributed by atoms with E-state index in [9.17, 15) is 9.90 Å². The molecule has 2 aliphatic rings. The second-order valence-electron chi connectivity index (χ2n) is 6.86. The zero-order valence-electron chi connectivity index (χ0n) is 14.6. The van der Waals surface area contributed by atoms with Crippen LogP contribution in [-0.4, -0.2) is 47.9 Å². The number of likely N-dealkylation sites (tertiary alicyclic amines) is 1. The van der Waals surface area contributed by atoms with Crippen LogP contribution in [0.1, 0.15) is 38.7 Å². The predicted octanol–water partition coefficient (Wildman–Crippen LogP) is 3.03. The van der Waals surface area contributed by atoms with Crippen molar-refractivity contribution in [3.8, 4) is 0 Å². The molecule has 3 rings (SSSR count). The molecular formula is C19H28N2O3. The van der Waals surface area contributed by atoms with Gasteiger partial charge in [-0.25, -0.2) is 4.79 Å². The third-order valence-electron chi connectivity index (χ3n) is 5.73. The molecule has 5 nitrogen and oxygen atoms in total. The Morgan fingerprint density at radius 2 is 2.04 bits per heavy atom. The lowest BCUT2D eigenvalue weighted by molar-refractivity contribution is -0.207. The van der Waals surface area contributed by atoms with Gasteiger partial charge in [-0.05, 0) is 37.8 Å². The summed E-state index contributed by atoms with van der Waals surface area (Å²) in [6, 6.07) is 7.87. The molecule has 0 bridgehead atoms. The molecule has 2 atom stereocenters. The van der Waals surface area contributed by atoms with Gasteiger partial charge in [0, 0.05) is 37.2 Å². The molecule has 1 aliphatic carbocycles. The molecule has 1 aromatic carbocycles. The second-order valence-corrected chi connectivity index (χ2v) is 6.86. The van der Waals surface area contributed by atoms with Gasteiger partial charge in [-0.2, -0.15) is 0 Å². The third kappa shape index (κ3) is 3.03. The number of carbonyl (C=O) groups excluding carboxylic acids is 1. The quantitative estimate of drug-likeness (QED) is 0.891. The average Bonchev–Trinajstić information content (AvgIpc) is 2.62. The number of nitrogens with one attached hydrogen (secondary N) is 1. The van der Waals surface area contributed by atoms with E-state index in [1.807, 2.05) is 36.1 Å². The minimum Gasteiger partial charge on any atom is -0.392 e. The van der Waals surface area contributed by atoms with E-state index in [-0.39, 0.29) is 23.7 Å². The van der Waals surface area contributed by atoms with Crippen molar-refractivity contribution >= 4 is 11.7 Å². The van der Waals surface area contributed by atoms with Gasteiger partial charge in [-0.1, -0.05) is 25.1 Å². The molecule has 5 heteroatoms. The van der Waals surface area contributed by atoms with E-state index in [0.29, 0.717) is 19.7 Å². The molecule has 1 heterocycles. The number of anilines is 1. The van der Waals surface area contributed by atoms with Crippen LogP contribution in [0, 0.1) is 5.41 Å². The Bertz CT molecular complexity index is 580. The van der Waals surface area contributed by atoms with E-state index in [0.717, 1.165) is 36.9 Å². The number of amides is 2. The standard InChI is InChI=1S/C19H28N2O3/c1-3-14-7-5-6-8-15(14)20-18(23)21-11-9-19(10-12-21)16(22)13-17(19)24-4-2/h5-8,16-17,22H,3-4,9-13H2,1-2H3,(H,20,23)/t16-,17-/m1/s1. The maximum absolute atomic E-state index is 12.6. The molecule has 1 aromatic rings. The van der Waals surface area contributed by atoms with Gasteiger partial charge in [-0.15, -0.1) is 0 Å². The topological polar surface area (TPSA) is 61.8 Å². The number of hydrogen-bond donors (Lipinski definition) is 2. The Hall–Kier alpha value is -1.59. The number of urea groups is 1. The lowest BCUT2D eigenvalue weighted by Gasteiger charge is -2.56. The summed E-state index contributed by atoms with van der Waals surface area (Å²) in [5.41, 5.74) is 1.89. The van der Waals surface area contributed by atoms with Crippen molar-refractivity contribution in [2.45, 2.75) is 51.7 Å². The number of benzene rings is 1. The van der Waals surface area contributed by atoms with E-state index in [2.05, 4.69) is 12.2 Å². The lowest BCUT2D eigenvalue weighted by atomic mass is 9.58. The molecule has 2 N–H and O–H groups in total. The van der Waals surface area contributed by atoms with Crippen molar-refractivity contribution < 1.29 is 14.6 Å². The first-order valence-corrected chi connectivity index (χ1v) is 9.04. The fraction of sp³-hybridized carbons (Fsp3) is 0.632. The highest BCUT2D eigenvalue weighted by Crippen LogP contribution is 2.50. The molecular weight excluding hydrogens is 304 g/mol.